The number of amides is 1. The number of nitro groups is 1. The van der Waals surface area contributed by atoms with Crippen LogP contribution in [0.4, 0.5) is 17.1 Å². The van der Waals surface area contributed by atoms with Gasteiger partial charge in [0.15, 0.2) is 0 Å². The van der Waals surface area contributed by atoms with Crippen LogP contribution in [0.2, 0.25) is 5.02 Å². The van der Waals surface area contributed by atoms with Gasteiger partial charge in [0, 0.05) is 86.3 Å². The van der Waals surface area contributed by atoms with Crippen LogP contribution in [-0.4, -0.2) is 81.6 Å². The Kier molecular flexibility index (Phi) is 13.2. The first-order chi connectivity index (χ1) is 30.2. The number of nitrogens with zero attached hydrogens (tertiary/aromatic N) is 3. The standard InChI is InChI=1S/C48H55ClN6O7S/c1-48(2)20-18-35(42(29-48)33-6-8-36(49)9-7-33)31-53-22-24-54(25-23-53)37-10-15-41(46(27-37)62-39-13-16-43-34(26-39)19-21-50-43)47(56)52-63(59,60)40-14-17-44(45(28-40)55(57)58)51-30-32-4-11-38(61-3)12-5-32/h6-10,13-17,19,21,26-28,32,38,50-51H,4-5,11-12,18,20,22-25,29-31H2,1-3H3,(H,52,56)/t32-,38-. The van der Waals surface area contributed by atoms with Gasteiger partial charge in [-0.2, -0.15) is 0 Å². The predicted molar refractivity (Wildman–Crippen MR) is 248 cm³/mol. The van der Waals surface area contributed by atoms with E-state index in [2.05, 4.69) is 50.8 Å². The summed E-state index contributed by atoms with van der Waals surface area (Å²) >= 11 is 6.25. The van der Waals surface area contributed by atoms with E-state index >= 15 is 0 Å². The van der Waals surface area contributed by atoms with Crippen molar-refractivity contribution in [3.8, 4) is 11.5 Å². The zero-order valence-electron chi connectivity index (χ0n) is 36.0. The molecule has 1 amide bonds. The Morgan fingerprint density at radius 1 is 0.952 bits per heavy atom. The number of halogens is 1. The molecule has 2 heterocycles. The maximum absolute atomic E-state index is 14.0. The summed E-state index contributed by atoms with van der Waals surface area (Å²) in [6, 6.07) is 24.4. The Morgan fingerprint density at radius 3 is 2.44 bits per heavy atom. The number of aromatic amines is 1. The van der Waals surface area contributed by atoms with E-state index < -0.39 is 31.4 Å². The summed E-state index contributed by atoms with van der Waals surface area (Å²) in [7, 11) is -2.84. The SMILES string of the molecule is CO[C@H]1CC[C@H](CNc2ccc(S(=O)(=O)NC(=O)c3ccc(N4CCN(CC5=C(c6ccc(Cl)cc6)CC(C)(C)CC5)CC4)cc3Oc3ccc4[nH]ccc4c3)cc2[N+](=O)[O-])CC1. The molecule has 0 unspecified atom stereocenters. The monoisotopic (exact) mass is 894 g/mol. The lowest BCUT2D eigenvalue weighted by Gasteiger charge is -2.39. The number of carbonyl (C=O) groups is 1. The fourth-order valence-corrected chi connectivity index (χ4v) is 10.3. The highest BCUT2D eigenvalue weighted by atomic mass is 35.5. The van der Waals surface area contributed by atoms with Crippen molar-refractivity contribution in [3.63, 3.8) is 0 Å². The normalized spacial score (nSPS) is 19.5. The number of aromatic nitrogens is 1. The number of carbonyl (C=O) groups excluding carboxylic acids is 1. The van der Waals surface area contributed by atoms with E-state index in [1.807, 2.05) is 36.5 Å². The number of benzene rings is 4. The maximum Gasteiger partial charge on any atom is 0.293 e. The summed E-state index contributed by atoms with van der Waals surface area (Å²) in [4.78, 5) is 33.0. The van der Waals surface area contributed by atoms with Crippen molar-refractivity contribution in [2.45, 2.75) is 69.8 Å². The van der Waals surface area contributed by atoms with Crippen LogP contribution >= 0.6 is 11.6 Å². The number of piperazine rings is 1. The molecule has 2 fully saturated rings. The number of hydrogen-bond donors (Lipinski definition) is 3. The molecule has 5 aromatic rings. The van der Waals surface area contributed by atoms with E-state index in [9.17, 15) is 23.3 Å². The van der Waals surface area contributed by atoms with Crippen molar-refractivity contribution in [1.82, 2.24) is 14.6 Å². The average molecular weight is 896 g/mol. The fourth-order valence-electron chi connectivity index (χ4n) is 9.14. The minimum atomic E-state index is -4.55. The lowest BCUT2D eigenvalue weighted by Crippen LogP contribution is -2.47. The van der Waals surface area contributed by atoms with Crippen LogP contribution in [0, 0.1) is 21.4 Å². The van der Waals surface area contributed by atoms with Gasteiger partial charge in [0.1, 0.15) is 17.2 Å². The van der Waals surface area contributed by atoms with Crippen LogP contribution in [0.1, 0.15) is 74.7 Å². The molecule has 3 aliphatic rings. The molecule has 0 bridgehead atoms. The number of sulfonamides is 1. The van der Waals surface area contributed by atoms with Gasteiger partial charge in [0.25, 0.3) is 21.6 Å². The number of allylic oxidation sites excluding steroid dienone is 1. The summed E-state index contributed by atoms with van der Waals surface area (Å²) in [6.45, 7) is 9.21. The van der Waals surface area contributed by atoms with Gasteiger partial charge in [-0.3, -0.25) is 19.8 Å². The summed E-state index contributed by atoms with van der Waals surface area (Å²) in [5.41, 5.74) is 5.91. The zero-order chi connectivity index (χ0) is 44.3. The van der Waals surface area contributed by atoms with Crippen molar-refractivity contribution in [3.05, 3.63) is 123 Å². The third kappa shape index (κ3) is 10.5. The number of nitro benzene ring substituents is 1. The molecule has 13 nitrogen and oxygen atoms in total. The number of methoxy groups -OCH3 is 1. The minimum absolute atomic E-state index is 0.00649. The molecule has 63 heavy (non-hydrogen) atoms. The summed E-state index contributed by atoms with van der Waals surface area (Å²) in [6.07, 6.45) is 8.94. The number of ether oxygens (including phenoxy) is 2. The quantitative estimate of drug-likeness (QED) is 0.0724. The topological polar surface area (TPSA) is 159 Å². The number of fused-ring (bicyclic) bond motifs is 1. The lowest BCUT2D eigenvalue weighted by atomic mass is 9.72. The lowest BCUT2D eigenvalue weighted by molar-refractivity contribution is -0.384. The number of hydrogen-bond acceptors (Lipinski definition) is 10. The number of rotatable bonds is 14. The van der Waals surface area contributed by atoms with E-state index in [-0.39, 0.29) is 28.5 Å². The molecule has 1 saturated carbocycles. The maximum atomic E-state index is 14.0. The highest BCUT2D eigenvalue weighted by Gasteiger charge is 2.31. The molecular formula is C48H55ClN6O7S. The second-order valence-corrected chi connectivity index (χ2v) is 20.0. The molecule has 1 aliphatic heterocycles. The smallest absolute Gasteiger partial charge is 0.293 e. The molecule has 0 radical (unpaired) electrons. The molecule has 15 heteroatoms. The van der Waals surface area contributed by atoms with Crippen LogP contribution < -0.4 is 19.7 Å². The average Bonchev–Trinajstić information content (AvgIpc) is 3.75. The molecule has 8 rings (SSSR count). The molecule has 1 saturated heterocycles. The second kappa shape index (κ2) is 18.7. The highest BCUT2D eigenvalue weighted by Crippen LogP contribution is 2.43. The third-order valence-electron chi connectivity index (χ3n) is 12.9. The van der Waals surface area contributed by atoms with Gasteiger partial charge < -0.3 is 24.7 Å². The van der Waals surface area contributed by atoms with Crippen LogP contribution in [0.15, 0.2) is 102 Å². The first kappa shape index (κ1) is 44.2. The summed E-state index contributed by atoms with van der Waals surface area (Å²) in [5.74, 6) is 0.0149. The number of nitrogens with one attached hydrogen (secondary N) is 3. The molecule has 2 aliphatic carbocycles. The van der Waals surface area contributed by atoms with Gasteiger partial charge in [0.05, 0.1) is 21.5 Å². The van der Waals surface area contributed by atoms with Crippen LogP contribution in [0.5, 0.6) is 11.5 Å². The van der Waals surface area contributed by atoms with Crippen LogP contribution in [0.3, 0.4) is 0 Å². The number of H-pyrrole nitrogens is 1. The first-order valence-electron chi connectivity index (χ1n) is 21.7. The van der Waals surface area contributed by atoms with Gasteiger partial charge in [-0.25, -0.2) is 13.1 Å². The van der Waals surface area contributed by atoms with E-state index in [1.165, 1.54) is 28.8 Å². The van der Waals surface area contributed by atoms with Gasteiger partial charge in [-0.15, -0.1) is 0 Å². The summed E-state index contributed by atoms with van der Waals surface area (Å²) in [5, 5.41) is 17.0. The Morgan fingerprint density at radius 2 is 1.71 bits per heavy atom. The predicted octanol–water partition coefficient (Wildman–Crippen LogP) is 10.0. The highest BCUT2D eigenvalue weighted by molar-refractivity contribution is 7.90. The number of anilines is 2. The van der Waals surface area contributed by atoms with Crippen LogP contribution in [0.25, 0.3) is 16.5 Å². The Labute approximate surface area is 374 Å². The Hall–Kier alpha value is -5.41. The van der Waals surface area contributed by atoms with Crippen molar-refractivity contribution < 1.29 is 27.6 Å². The molecule has 332 valence electrons. The van der Waals surface area contributed by atoms with Crippen molar-refractivity contribution in [1.29, 1.82) is 0 Å². The van der Waals surface area contributed by atoms with Gasteiger partial charge >= 0.3 is 0 Å². The molecular weight excluding hydrogens is 840 g/mol. The molecule has 4 aromatic carbocycles. The molecule has 0 atom stereocenters. The van der Waals surface area contributed by atoms with E-state index in [0.717, 1.165) is 105 Å². The van der Waals surface area contributed by atoms with Crippen molar-refractivity contribution in [2.75, 3.05) is 56.6 Å². The zero-order valence-corrected chi connectivity index (χ0v) is 37.6. The molecule has 3 N–H and O–H groups in total. The fraction of sp³-hybridized carbons (Fsp3) is 0.396. The largest absolute Gasteiger partial charge is 0.456 e. The van der Waals surface area contributed by atoms with Gasteiger partial charge in [0.2, 0.25) is 0 Å². The first-order valence-corrected chi connectivity index (χ1v) is 23.6. The van der Waals surface area contributed by atoms with Crippen LogP contribution in [-0.2, 0) is 14.8 Å². The van der Waals surface area contributed by atoms with Gasteiger partial charge in [-0.05, 0) is 128 Å². The summed E-state index contributed by atoms with van der Waals surface area (Å²) < 4.78 is 41.5. The Bertz CT molecular complexity index is 2610. The Balaban J connectivity index is 0.991. The van der Waals surface area contributed by atoms with E-state index in [0.29, 0.717) is 18.2 Å². The van der Waals surface area contributed by atoms with E-state index in [4.69, 9.17) is 21.1 Å². The second-order valence-electron chi connectivity index (χ2n) is 17.8. The van der Waals surface area contributed by atoms with Crippen molar-refractivity contribution in [2.24, 2.45) is 11.3 Å². The molecule has 1 aromatic heterocycles. The molecule has 0 spiro atoms. The van der Waals surface area contributed by atoms with E-state index in [1.54, 1.807) is 31.4 Å². The van der Waals surface area contributed by atoms with Gasteiger partial charge in [-0.1, -0.05) is 43.2 Å². The third-order valence-corrected chi connectivity index (χ3v) is 14.5. The van der Waals surface area contributed by atoms with Crippen molar-refractivity contribution >= 4 is 61.1 Å². The minimum Gasteiger partial charge on any atom is -0.456 e.